The van der Waals surface area contributed by atoms with Gasteiger partial charge in [-0.3, -0.25) is 19.8 Å². The highest BCUT2D eigenvalue weighted by atomic mass is 16.6. The summed E-state index contributed by atoms with van der Waals surface area (Å²) in [6.07, 6.45) is 0.331. The van der Waals surface area contributed by atoms with E-state index in [1.807, 2.05) is 11.0 Å². The maximum atomic E-state index is 12.1. The van der Waals surface area contributed by atoms with Crippen LogP contribution in [0.15, 0.2) is 24.3 Å². The molecule has 7 nitrogen and oxygen atoms in total. The zero-order valence-electron chi connectivity index (χ0n) is 11.8. The van der Waals surface area contributed by atoms with Crippen LogP contribution in [-0.2, 0) is 4.74 Å². The lowest BCUT2D eigenvalue weighted by molar-refractivity contribution is -0.384. The van der Waals surface area contributed by atoms with E-state index in [0.717, 1.165) is 0 Å². The van der Waals surface area contributed by atoms with Gasteiger partial charge in [0.05, 0.1) is 24.1 Å². The highest BCUT2D eigenvalue weighted by molar-refractivity contribution is 5.97. The van der Waals surface area contributed by atoms with E-state index in [1.54, 1.807) is 7.11 Å². The van der Waals surface area contributed by atoms with Crippen LogP contribution in [0.25, 0.3) is 0 Å². The molecule has 0 saturated heterocycles. The molecule has 1 aromatic carbocycles. The summed E-state index contributed by atoms with van der Waals surface area (Å²) in [5.74, 6) is -0.140. The summed E-state index contributed by atoms with van der Waals surface area (Å²) in [5.41, 5.74) is 0.368. The number of Topliss-reactive ketones (excluding diaryl/α,β-unsaturated/α-hetero) is 1. The van der Waals surface area contributed by atoms with Crippen LogP contribution in [-0.4, -0.2) is 49.0 Å². The van der Waals surface area contributed by atoms with Gasteiger partial charge in [0.15, 0.2) is 5.78 Å². The molecule has 0 heterocycles. The van der Waals surface area contributed by atoms with E-state index in [1.165, 1.54) is 24.3 Å². The van der Waals surface area contributed by atoms with E-state index in [-0.39, 0.29) is 18.0 Å². The van der Waals surface area contributed by atoms with Crippen LogP contribution in [0, 0.1) is 21.4 Å². The van der Waals surface area contributed by atoms with Crippen LogP contribution in [0.3, 0.4) is 0 Å². The fourth-order valence-corrected chi connectivity index (χ4v) is 1.76. The van der Waals surface area contributed by atoms with Crippen molar-refractivity contribution in [1.82, 2.24) is 4.90 Å². The standard InChI is InChI=1S/C14H17N3O4/c1-21-10-9-16(8-2-7-15)11-14(18)12-3-5-13(6-4-12)17(19)20/h3-6H,2,8-11H2,1H3. The minimum Gasteiger partial charge on any atom is -0.383 e. The predicted molar refractivity (Wildman–Crippen MR) is 76.0 cm³/mol. The van der Waals surface area contributed by atoms with E-state index in [9.17, 15) is 14.9 Å². The minimum absolute atomic E-state index is 0.0488. The number of benzene rings is 1. The van der Waals surface area contributed by atoms with Gasteiger partial charge in [0, 0.05) is 44.3 Å². The van der Waals surface area contributed by atoms with E-state index in [4.69, 9.17) is 10.00 Å². The van der Waals surface area contributed by atoms with Gasteiger partial charge in [-0.05, 0) is 12.1 Å². The summed E-state index contributed by atoms with van der Waals surface area (Å²) < 4.78 is 4.97. The fraction of sp³-hybridized carbons (Fsp3) is 0.429. The Balaban J connectivity index is 2.67. The second-order valence-electron chi connectivity index (χ2n) is 4.40. The van der Waals surface area contributed by atoms with Crippen molar-refractivity contribution >= 4 is 11.5 Å². The molecule has 0 aliphatic carbocycles. The number of methoxy groups -OCH3 is 1. The first-order valence-corrected chi connectivity index (χ1v) is 6.44. The maximum absolute atomic E-state index is 12.1. The van der Waals surface area contributed by atoms with Crippen LogP contribution < -0.4 is 0 Å². The highest BCUT2D eigenvalue weighted by Gasteiger charge is 2.13. The molecule has 7 heteroatoms. The Morgan fingerprint density at radius 1 is 1.38 bits per heavy atom. The monoisotopic (exact) mass is 291 g/mol. The van der Waals surface area contributed by atoms with Gasteiger partial charge >= 0.3 is 0 Å². The number of hydrogen-bond acceptors (Lipinski definition) is 6. The van der Waals surface area contributed by atoms with Crippen molar-refractivity contribution in [3.05, 3.63) is 39.9 Å². The van der Waals surface area contributed by atoms with Gasteiger partial charge in [-0.2, -0.15) is 5.26 Å². The summed E-state index contributed by atoms with van der Waals surface area (Å²) in [6.45, 7) is 1.66. The number of hydrogen-bond donors (Lipinski definition) is 0. The molecule has 0 spiro atoms. The molecule has 0 aliphatic heterocycles. The summed E-state index contributed by atoms with van der Waals surface area (Å²) in [5, 5.41) is 19.2. The second kappa shape index (κ2) is 8.79. The molecule has 1 aromatic rings. The van der Waals surface area contributed by atoms with Crippen molar-refractivity contribution < 1.29 is 14.5 Å². The summed E-state index contributed by atoms with van der Waals surface area (Å²) in [4.78, 5) is 24.0. The first-order valence-electron chi connectivity index (χ1n) is 6.44. The van der Waals surface area contributed by atoms with Crippen LogP contribution in [0.1, 0.15) is 16.8 Å². The number of carbonyl (C=O) groups excluding carboxylic acids is 1. The number of nitro benzene ring substituents is 1. The van der Waals surface area contributed by atoms with Crippen molar-refractivity contribution in [3.63, 3.8) is 0 Å². The Hall–Kier alpha value is -2.30. The Bertz CT molecular complexity index is 522. The quantitative estimate of drug-likeness (QED) is 0.390. The first kappa shape index (κ1) is 16.8. The number of ether oxygens (including phenoxy) is 1. The van der Waals surface area contributed by atoms with Crippen molar-refractivity contribution in [2.45, 2.75) is 6.42 Å². The smallest absolute Gasteiger partial charge is 0.269 e. The second-order valence-corrected chi connectivity index (χ2v) is 4.40. The van der Waals surface area contributed by atoms with Gasteiger partial charge in [-0.25, -0.2) is 0 Å². The van der Waals surface area contributed by atoms with Crippen LogP contribution in [0.4, 0.5) is 5.69 Å². The van der Waals surface area contributed by atoms with Gasteiger partial charge in [0.1, 0.15) is 0 Å². The minimum atomic E-state index is -0.508. The summed E-state index contributed by atoms with van der Waals surface area (Å²) in [7, 11) is 1.57. The zero-order valence-corrected chi connectivity index (χ0v) is 11.8. The molecule has 0 fully saturated rings. The van der Waals surface area contributed by atoms with E-state index < -0.39 is 4.92 Å². The molecule has 0 saturated carbocycles. The number of ketones is 1. The number of non-ortho nitro benzene ring substituents is 1. The number of rotatable bonds is 9. The molecule has 0 N–H and O–H groups in total. The predicted octanol–water partition coefficient (Wildman–Crippen LogP) is 1.64. The molecule has 21 heavy (non-hydrogen) atoms. The lowest BCUT2D eigenvalue weighted by Gasteiger charge is -2.19. The Labute approximate surface area is 122 Å². The molecule has 0 aromatic heterocycles. The zero-order chi connectivity index (χ0) is 15.7. The Kier molecular flexibility index (Phi) is 7.01. The largest absolute Gasteiger partial charge is 0.383 e. The van der Waals surface area contributed by atoms with E-state index in [0.29, 0.717) is 31.7 Å². The van der Waals surface area contributed by atoms with Gasteiger partial charge in [0.25, 0.3) is 5.69 Å². The van der Waals surface area contributed by atoms with Crippen LogP contribution in [0.2, 0.25) is 0 Å². The number of nitro groups is 1. The normalized spacial score (nSPS) is 10.3. The van der Waals surface area contributed by atoms with Gasteiger partial charge in [-0.1, -0.05) is 0 Å². The van der Waals surface area contributed by atoms with E-state index >= 15 is 0 Å². The number of carbonyl (C=O) groups is 1. The summed E-state index contributed by atoms with van der Waals surface area (Å²) in [6, 6.07) is 7.54. The summed E-state index contributed by atoms with van der Waals surface area (Å²) >= 11 is 0. The third-order valence-corrected chi connectivity index (χ3v) is 2.92. The SMILES string of the molecule is COCCN(CCC#N)CC(=O)c1ccc([N+](=O)[O-])cc1. The molecule has 0 bridgehead atoms. The van der Waals surface area contributed by atoms with Crippen LogP contribution >= 0.6 is 0 Å². The molecule has 0 unspecified atom stereocenters. The Morgan fingerprint density at radius 3 is 2.57 bits per heavy atom. The number of nitriles is 1. The molecular formula is C14H17N3O4. The fourth-order valence-electron chi connectivity index (χ4n) is 1.76. The third-order valence-electron chi connectivity index (χ3n) is 2.92. The molecular weight excluding hydrogens is 274 g/mol. The number of nitrogens with zero attached hydrogens (tertiary/aromatic N) is 3. The molecule has 0 amide bonds. The highest BCUT2D eigenvalue weighted by Crippen LogP contribution is 2.12. The molecule has 0 aliphatic rings. The first-order chi connectivity index (χ1) is 10.1. The van der Waals surface area contributed by atoms with Crippen molar-refractivity contribution in [3.8, 4) is 6.07 Å². The third kappa shape index (κ3) is 5.69. The van der Waals surface area contributed by atoms with Crippen molar-refractivity contribution in [2.24, 2.45) is 0 Å². The average Bonchev–Trinajstić information content (AvgIpc) is 2.49. The molecule has 112 valence electrons. The van der Waals surface area contributed by atoms with E-state index in [2.05, 4.69) is 0 Å². The molecule has 0 atom stereocenters. The van der Waals surface area contributed by atoms with Gasteiger partial charge in [-0.15, -0.1) is 0 Å². The van der Waals surface area contributed by atoms with Crippen molar-refractivity contribution in [1.29, 1.82) is 5.26 Å². The van der Waals surface area contributed by atoms with Crippen molar-refractivity contribution in [2.75, 3.05) is 33.4 Å². The lowest BCUT2D eigenvalue weighted by atomic mass is 10.1. The topological polar surface area (TPSA) is 96.5 Å². The lowest BCUT2D eigenvalue weighted by Crippen LogP contribution is -2.33. The molecule has 0 radical (unpaired) electrons. The Morgan fingerprint density at radius 2 is 2.05 bits per heavy atom. The van der Waals surface area contributed by atoms with Gasteiger partial charge < -0.3 is 4.74 Å². The van der Waals surface area contributed by atoms with Gasteiger partial charge in [0.2, 0.25) is 0 Å². The van der Waals surface area contributed by atoms with Crippen LogP contribution in [0.5, 0.6) is 0 Å². The average molecular weight is 291 g/mol. The maximum Gasteiger partial charge on any atom is 0.269 e. The molecule has 1 rings (SSSR count).